The summed E-state index contributed by atoms with van der Waals surface area (Å²) in [5, 5.41) is 0.443. The molecule has 1 aromatic carbocycles. The summed E-state index contributed by atoms with van der Waals surface area (Å²) in [7, 11) is 0. The van der Waals surface area contributed by atoms with Crippen LogP contribution in [0.15, 0.2) is 18.2 Å². The van der Waals surface area contributed by atoms with Gasteiger partial charge in [0.25, 0.3) is 0 Å². The molecule has 0 aliphatic heterocycles. The van der Waals surface area contributed by atoms with Crippen molar-refractivity contribution in [3.8, 4) is 5.75 Å². The highest BCUT2D eigenvalue weighted by atomic mass is 35.5. The fourth-order valence-electron chi connectivity index (χ4n) is 1.04. The predicted molar refractivity (Wildman–Crippen MR) is 59.4 cm³/mol. The van der Waals surface area contributed by atoms with Gasteiger partial charge in [-0.3, -0.25) is 4.79 Å². The van der Waals surface area contributed by atoms with Crippen molar-refractivity contribution in [3.05, 3.63) is 28.8 Å². The zero-order valence-corrected chi connectivity index (χ0v) is 8.39. The van der Waals surface area contributed by atoms with Crippen molar-refractivity contribution in [2.75, 3.05) is 6.61 Å². The maximum absolute atomic E-state index is 11.0. The maximum atomic E-state index is 11.0. The molecule has 0 saturated heterocycles. The number of ketones is 1. The normalized spacial score (nSPS) is 9.07. The number of rotatable bonds is 3. The third kappa shape index (κ3) is 3.04. The van der Waals surface area contributed by atoms with Gasteiger partial charge in [0.15, 0.2) is 5.78 Å². The van der Waals surface area contributed by atoms with E-state index in [9.17, 15) is 4.79 Å². The summed E-state index contributed by atoms with van der Waals surface area (Å²) in [6, 6.07) is 5.07. The van der Waals surface area contributed by atoms with Crippen LogP contribution in [0.25, 0.3) is 0 Å². The standard InChI is InChI=1S/C10H11ClO2.CH4/c1-3-13-8-4-5-9(7(2)12)10(11)6-8;/h4-6H,3H2,1-2H3;1H4. The van der Waals surface area contributed by atoms with Crippen LogP contribution in [0.2, 0.25) is 5.02 Å². The molecule has 0 unspecified atom stereocenters. The highest BCUT2D eigenvalue weighted by Gasteiger charge is 2.05. The second kappa shape index (κ2) is 5.66. The Hall–Kier alpha value is -1.02. The molecule has 1 rings (SSSR count). The second-order valence-electron chi connectivity index (χ2n) is 2.63. The molecule has 0 bridgehead atoms. The number of hydrogen-bond acceptors (Lipinski definition) is 2. The number of Topliss-reactive ketones (excluding diaryl/α,β-unsaturated/α-hetero) is 1. The van der Waals surface area contributed by atoms with Crippen LogP contribution in [0.5, 0.6) is 5.75 Å². The van der Waals surface area contributed by atoms with Gasteiger partial charge in [0, 0.05) is 5.56 Å². The smallest absolute Gasteiger partial charge is 0.161 e. The third-order valence-corrected chi connectivity index (χ3v) is 1.94. The van der Waals surface area contributed by atoms with Gasteiger partial charge in [-0.05, 0) is 32.0 Å². The van der Waals surface area contributed by atoms with Crippen LogP contribution in [0.3, 0.4) is 0 Å². The predicted octanol–water partition coefficient (Wildman–Crippen LogP) is 3.58. The van der Waals surface area contributed by atoms with E-state index in [0.717, 1.165) is 0 Å². The molecule has 0 aromatic heterocycles. The summed E-state index contributed by atoms with van der Waals surface area (Å²) < 4.78 is 5.23. The Bertz CT molecular complexity index is 321. The minimum absolute atomic E-state index is 0. The van der Waals surface area contributed by atoms with Gasteiger partial charge < -0.3 is 4.74 Å². The summed E-state index contributed by atoms with van der Waals surface area (Å²) in [5.41, 5.74) is 0.533. The topological polar surface area (TPSA) is 26.3 Å². The van der Waals surface area contributed by atoms with Crippen LogP contribution < -0.4 is 4.74 Å². The van der Waals surface area contributed by atoms with Crippen LogP contribution in [-0.2, 0) is 0 Å². The van der Waals surface area contributed by atoms with E-state index < -0.39 is 0 Å². The molecule has 2 nitrogen and oxygen atoms in total. The lowest BCUT2D eigenvalue weighted by atomic mass is 10.1. The van der Waals surface area contributed by atoms with E-state index in [-0.39, 0.29) is 13.2 Å². The molecular weight excluding hydrogens is 200 g/mol. The molecule has 0 aliphatic carbocycles. The Labute approximate surface area is 89.8 Å². The molecule has 0 heterocycles. The van der Waals surface area contributed by atoms with Crippen LogP contribution in [0, 0.1) is 0 Å². The molecule has 0 spiro atoms. The van der Waals surface area contributed by atoms with E-state index in [2.05, 4.69) is 0 Å². The van der Waals surface area contributed by atoms with E-state index in [4.69, 9.17) is 16.3 Å². The number of ether oxygens (including phenoxy) is 1. The SMILES string of the molecule is C.CCOc1ccc(C(C)=O)c(Cl)c1. The molecule has 0 atom stereocenters. The van der Waals surface area contributed by atoms with Gasteiger partial charge in [-0.1, -0.05) is 19.0 Å². The summed E-state index contributed by atoms with van der Waals surface area (Å²) in [6.45, 7) is 3.98. The van der Waals surface area contributed by atoms with Crippen molar-refractivity contribution in [2.45, 2.75) is 21.3 Å². The van der Waals surface area contributed by atoms with Crippen molar-refractivity contribution in [2.24, 2.45) is 0 Å². The molecule has 0 saturated carbocycles. The first kappa shape index (κ1) is 13.0. The fourth-order valence-corrected chi connectivity index (χ4v) is 1.34. The monoisotopic (exact) mass is 214 g/mol. The van der Waals surface area contributed by atoms with Crippen molar-refractivity contribution < 1.29 is 9.53 Å². The van der Waals surface area contributed by atoms with Gasteiger partial charge in [0.1, 0.15) is 5.75 Å². The highest BCUT2D eigenvalue weighted by Crippen LogP contribution is 2.22. The zero-order chi connectivity index (χ0) is 9.84. The number of carbonyl (C=O) groups is 1. The van der Waals surface area contributed by atoms with Crippen LogP contribution in [-0.4, -0.2) is 12.4 Å². The summed E-state index contributed by atoms with van der Waals surface area (Å²) >= 11 is 5.86. The Kier molecular flexibility index (Phi) is 5.24. The molecule has 0 N–H and O–H groups in total. The van der Waals surface area contributed by atoms with Crippen molar-refractivity contribution >= 4 is 17.4 Å². The maximum Gasteiger partial charge on any atom is 0.161 e. The van der Waals surface area contributed by atoms with Crippen LogP contribution in [0.4, 0.5) is 0 Å². The fraction of sp³-hybridized carbons (Fsp3) is 0.364. The first-order valence-electron chi connectivity index (χ1n) is 4.08. The molecule has 0 radical (unpaired) electrons. The molecule has 3 heteroatoms. The van der Waals surface area contributed by atoms with E-state index in [1.807, 2.05) is 6.92 Å². The van der Waals surface area contributed by atoms with Crippen LogP contribution >= 0.6 is 11.6 Å². The number of carbonyl (C=O) groups excluding carboxylic acids is 1. The second-order valence-corrected chi connectivity index (χ2v) is 3.04. The Morgan fingerprint density at radius 3 is 2.57 bits per heavy atom. The van der Waals surface area contributed by atoms with Gasteiger partial charge in [-0.25, -0.2) is 0 Å². The highest BCUT2D eigenvalue weighted by molar-refractivity contribution is 6.34. The summed E-state index contributed by atoms with van der Waals surface area (Å²) in [5.74, 6) is 0.658. The summed E-state index contributed by atoms with van der Waals surface area (Å²) in [4.78, 5) is 11.0. The van der Waals surface area contributed by atoms with Gasteiger partial charge in [0.2, 0.25) is 0 Å². The Morgan fingerprint density at radius 2 is 2.14 bits per heavy atom. The van der Waals surface area contributed by atoms with Crippen molar-refractivity contribution in [3.63, 3.8) is 0 Å². The lowest BCUT2D eigenvalue weighted by molar-refractivity contribution is 0.101. The number of halogens is 1. The van der Waals surface area contributed by atoms with Gasteiger partial charge in [-0.15, -0.1) is 0 Å². The van der Waals surface area contributed by atoms with E-state index in [0.29, 0.717) is 22.9 Å². The van der Waals surface area contributed by atoms with Gasteiger partial charge in [0.05, 0.1) is 11.6 Å². The molecule has 0 fully saturated rings. The molecule has 14 heavy (non-hydrogen) atoms. The zero-order valence-electron chi connectivity index (χ0n) is 7.63. The first-order chi connectivity index (χ1) is 6.15. The van der Waals surface area contributed by atoms with Gasteiger partial charge >= 0.3 is 0 Å². The van der Waals surface area contributed by atoms with Gasteiger partial charge in [-0.2, -0.15) is 0 Å². The summed E-state index contributed by atoms with van der Waals surface area (Å²) in [6.07, 6.45) is 0. The molecule has 1 aromatic rings. The quantitative estimate of drug-likeness (QED) is 0.719. The molecular formula is C11H15ClO2. The van der Waals surface area contributed by atoms with E-state index in [1.165, 1.54) is 6.92 Å². The Morgan fingerprint density at radius 1 is 1.50 bits per heavy atom. The average Bonchev–Trinajstić information content (AvgIpc) is 2.04. The van der Waals surface area contributed by atoms with Crippen LogP contribution in [0.1, 0.15) is 31.6 Å². The lowest BCUT2D eigenvalue weighted by Crippen LogP contribution is -1.95. The number of hydrogen-bond donors (Lipinski definition) is 0. The van der Waals surface area contributed by atoms with E-state index in [1.54, 1.807) is 18.2 Å². The molecule has 0 amide bonds. The largest absolute Gasteiger partial charge is 0.494 e. The average molecular weight is 215 g/mol. The van der Waals surface area contributed by atoms with Crippen molar-refractivity contribution in [1.82, 2.24) is 0 Å². The minimum Gasteiger partial charge on any atom is -0.494 e. The first-order valence-corrected chi connectivity index (χ1v) is 4.46. The third-order valence-electron chi connectivity index (χ3n) is 1.63. The van der Waals surface area contributed by atoms with Crippen molar-refractivity contribution in [1.29, 1.82) is 0 Å². The molecule has 78 valence electrons. The number of benzene rings is 1. The Balaban J connectivity index is 0.00000169. The minimum atomic E-state index is -0.0342. The van der Waals surface area contributed by atoms with E-state index >= 15 is 0 Å². The lowest BCUT2D eigenvalue weighted by Gasteiger charge is -2.04. The molecule has 0 aliphatic rings.